The fraction of sp³-hybridized carbons (Fsp3) is 0.0667. The lowest BCUT2D eigenvalue weighted by Crippen LogP contribution is -2.14. The highest BCUT2D eigenvalue weighted by molar-refractivity contribution is 8.00. The van der Waals surface area contributed by atoms with Crippen LogP contribution < -0.4 is 0 Å². The van der Waals surface area contributed by atoms with Gasteiger partial charge in [0.2, 0.25) is 5.37 Å². The van der Waals surface area contributed by atoms with Gasteiger partial charge in [-0.1, -0.05) is 23.7 Å². The standard InChI is InChI=1S/C15H9ClN4OS/c16-9-5-7-10(8-6-9)18-19-13-14(21)20-12-4-2-1-3-11(12)17-15(20)22-13/h1-8,13H/t13-/m0/s1. The van der Waals surface area contributed by atoms with Crippen molar-refractivity contribution < 1.29 is 4.79 Å². The Morgan fingerprint density at radius 1 is 1.14 bits per heavy atom. The minimum Gasteiger partial charge on any atom is -0.270 e. The summed E-state index contributed by atoms with van der Waals surface area (Å²) >= 11 is 7.13. The summed E-state index contributed by atoms with van der Waals surface area (Å²) in [6.07, 6.45) is 0. The number of rotatable bonds is 2. The third-order valence-electron chi connectivity index (χ3n) is 3.28. The number of thioether (sulfide) groups is 1. The van der Waals surface area contributed by atoms with E-state index >= 15 is 0 Å². The number of azo groups is 1. The van der Waals surface area contributed by atoms with Crippen LogP contribution in [0.15, 0.2) is 63.9 Å². The molecule has 108 valence electrons. The normalized spacial score (nSPS) is 17.5. The minimum atomic E-state index is -0.595. The van der Waals surface area contributed by atoms with Crippen molar-refractivity contribution in [2.75, 3.05) is 0 Å². The lowest BCUT2D eigenvalue weighted by molar-refractivity contribution is 0.0915. The van der Waals surface area contributed by atoms with Gasteiger partial charge in [0.1, 0.15) is 0 Å². The van der Waals surface area contributed by atoms with E-state index in [0.29, 0.717) is 15.9 Å². The number of hydrogen-bond acceptors (Lipinski definition) is 5. The van der Waals surface area contributed by atoms with Crippen LogP contribution >= 0.6 is 23.4 Å². The van der Waals surface area contributed by atoms with Gasteiger partial charge in [0.05, 0.1) is 16.7 Å². The van der Waals surface area contributed by atoms with Gasteiger partial charge in [-0.3, -0.25) is 9.36 Å². The molecule has 0 aliphatic carbocycles. The summed E-state index contributed by atoms with van der Waals surface area (Å²) in [6.45, 7) is 0. The molecule has 0 saturated carbocycles. The van der Waals surface area contributed by atoms with Crippen LogP contribution in [0.2, 0.25) is 5.02 Å². The lowest BCUT2D eigenvalue weighted by Gasteiger charge is -2.00. The zero-order chi connectivity index (χ0) is 15.1. The van der Waals surface area contributed by atoms with Crippen molar-refractivity contribution in [3.8, 4) is 0 Å². The smallest absolute Gasteiger partial charge is 0.270 e. The van der Waals surface area contributed by atoms with Crippen LogP contribution in [0.3, 0.4) is 0 Å². The van der Waals surface area contributed by atoms with Crippen molar-refractivity contribution in [2.24, 2.45) is 10.2 Å². The molecular formula is C15H9ClN4OS. The molecule has 2 heterocycles. The van der Waals surface area contributed by atoms with Crippen molar-refractivity contribution in [3.63, 3.8) is 0 Å². The predicted molar refractivity (Wildman–Crippen MR) is 86.0 cm³/mol. The monoisotopic (exact) mass is 328 g/mol. The second-order valence-corrected chi connectivity index (χ2v) is 6.20. The lowest BCUT2D eigenvalue weighted by atomic mass is 10.3. The number of fused-ring (bicyclic) bond motifs is 3. The maximum absolute atomic E-state index is 12.5. The van der Waals surface area contributed by atoms with Crippen molar-refractivity contribution >= 4 is 46.0 Å². The number of carbonyl (C=O) groups is 1. The van der Waals surface area contributed by atoms with Crippen LogP contribution in [0.1, 0.15) is 4.79 Å². The zero-order valence-corrected chi connectivity index (χ0v) is 12.8. The van der Waals surface area contributed by atoms with E-state index in [4.69, 9.17) is 11.6 Å². The molecule has 0 unspecified atom stereocenters. The van der Waals surface area contributed by atoms with E-state index in [0.717, 1.165) is 11.0 Å². The summed E-state index contributed by atoms with van der Waals surface area (Å²) < 4.78 is 1.60. The first kappa shape index (κ1) is 13.5. The van der Waals surface area contributed by atoms with Gasteiger partial charge < -0.3 is 0 Å². The second-order valence-electron chi connectivity index (χ2n) is 4.72. The molecule has 5 nitrogen and oxygen atoms in total. The molecule has 0 spiro atoms. The van der Waals surface area contributed by atoms with Crippen molar-refractivity contribution in [3.05, 3.63) is 53.6 Å². The summed E-state index contributed by atoms with van der Waals surface area (Å²) in [5, 5.41) is 8.94. The molecule has 2 aromatic carbocycles. The number of benzene rings is 2. The molecular weight excluding hydrogens is 320 g/mol. The highest BCUT2D eigenvalue weighted by Gasteiger charge is 2.34. The summed E-state index contributed by atoms with van der Waals surface area (Å²) in [7, 11) is 0. The van der Waals surface area contributed by atoms with Gasteiger partial charge in [-0.15, -0.1) is 0 Å². The Hall–Kier alpha value is -2.18. The molecule has 1 aliphatic heterocycles. The fourth-order valence-electron chi connectivity index (χ4n) is 2.26. The third-order valence-corrected chi connectivity index (χ3v) is 4.54. The molecule has 0 fully saturated rings. The maximum Gasteiger partial charge on any atom is 0.270 e. The van der Waals surface area contributed by atoms with Crippen LogP contribution in [0.4, 0.5) is 5.69 Å². The molecule has 3 aromatic rings. The Balaban J connectivity index is 1.63. The number of nitrogens with zero attached hydrogens (tertiary/aromatic N) is 4. The summed E-state index contributed by atoms with van der Waals surface area (Å²) in [5.41, 5.74) is 2.28. The Kier molecular flexibility index (Phi) is 3.20. The average molecular weight is 329 g/mol. The predicted octanol–water partition coefficient (Wildman–Crippen LogP) is 4.55. The number of halogens is 1. The molecule has 1 atom stereocenters. The van der Waals surface area contributed by atoms with Crippen molar-refractivity contribution in [1.82, 2.24) is 9.55 Å². The first-order chi connectivity index (χ1) is 10.7. The van der Waals surface area contributed by atoms with E-state index in [2.05, 4.69) is 15.2 Å². The topological polar surface area (TPSA) is 59.6 Å². The highest BCUT2D eigenvalue weighted by Crippen LogP contribution is 2.36. The van der Waals surface area contributed by atoms with E-state index in [1.807, 2.05) is 24.3 Å². The van der Waals surface area contributed by atoms with Gasteiger partial charge >= 0.3 is 0 Å². The molecule has 0 amide bonds. The Morgan fingerprint density at radius 3 is 2.73 bits per heavy atom. The minimum absolute atomic E-state index is 0.119. The molecule has 4 rings (SSSR count). The van der Waals surface area contributed by atoms with E-state index in [-0.39, 0.29) is 5.91 Å². The summed E-state index contributed by atoms with van der Waals surface area (Å²) in [6, 6.07) is 14.5. The van der Waals surface area contributed by atoms with Crippen LogP contribution in [-0.4, -0.2) is 20.8 Å². The molecule has 1 aromatic heterocycles. The first-order valence-electron chi connectivity index (χ1n) is 6.57. The zero-order valence-electron chi connectivity index (χ0n) is 11.2. The van der Waals surface area contributed by atoms with Gasteiger partial charge in [-0.25, -0.2) is 4.98 Å². The molecule has 22 heavy (non-hydrogen) atoms. The quantitative estimate of drug-likeness (QED) is 0.648. The highest BCUT2D eigenvalue weighted by atomic mass is 35.5. The molecule has 0 saturated heterocycles. The van der Waals surface area contributed by atoms with Crippen LogP contribution in [0.5, 0.6) is 0 Å². The first-order valence-corrected chi connectivity index (χ1v) is 7.83. The number of aromatic nitrogens is 2. The van der Waals surface area contributed by atoms with Gasteiger partial charge in [-0.2, -0.15) is 10.2 Å². The largest absolute Gasteiger partial charge is 0.270 e. The van der Waals surface area contributed by atoms with E-state index in [1.54, 1.807) is 28.8 Å². The van der Waals surface area contributed by atoms with E-state index < -0.39 is 5.37 Å². The number of carbonyl (C=O) groups excluding carboxylic acids is 1. The Labute approximate surface area is 135 Å². The molecule has 7 heteroatoms. The number of hydrogen-bond donors (Lipinski definition) is 0. The maximum atomic E-state index is 12.5. The SMILES string of the molecule is O=C1[C@@H](N=Nc2ccc(Cl)cc2)Sc2nc3ccccc3n21. The van der Waals surface area contributed by atoms with Crippen LogP contribution in [-0.2, 0) is 0 Å². The van der Waals surface area contributed by atoms with Gasteiger partial charge in [-0.05, 0) is 48.2 Å². The second kappa shape index (κ2) is 5.23. The van der Waals surface area contributed by atoms with Gasteiger partial charge in [0.25, 0.3) is 5.91 Å². The fourth-order valence-corrected chi connectivity index (χ4v) is 3.33. The molecule has 0 bridgehead atoms. The Bertz CT molecular complexity index is 904. The summed E-state index contributed by atoms with van der Waals surface area (Å²) in [5.74, 6) is -0.119. The van der Waals surface area contributed by atoms with E-state index in [1.165, 1.54) is 11.8 Å². The van der Waals surface area contributed by atoms with Crippen LogP contribution in [0, 0.1) is 0 Å². The van der Waals surface area contributed by atoms with Crippen molar-refractivity contribution in [1.29, 1.82) is 0 Å². The van der Waals surface area contributed by atoms with Crippen molar-refractivity contribution in [2.45, 2.75) is 10.5 Å². The average Bonchev–Trinajstić information content (AvgIpc) is 3.04. The van der Waals surface area contributed by atoms with Gasteiger partial charge in [0.15, 0.2) is 5.16 Å². The van der Waals surface area contributed by atoms with Gasteiger partial charge in [0, 0.05) is 5.02 Å². The molecule has 0 radical (unpaired) electrons. The summed E-state index contributed by atoms with van der Waals surface area (Å²) in [4.78, 5) is 16.9. The molecule has 0 N–H and O–H groups in total. The molecule has 1 aliphatic rings. The number of para-hydroxylation sites is 2. The van der Waals surface area contributed by atoms with Crippen LogP contribution in [0.25, 0.3) is 11.0 Å². The van der Waals surface area contributed by atoms with E-state index in [9.17, 15) is 4.79 Å². The third kappa shape index (κ3) is 2.20. The Morgan fingerprint density at radius 2 is 1.91 bits per heavy atom. The number of imidazole rings is 1.